The van der Waals surface area contributed by atoms with Gasteiger partial charge in [0.1, 0.15) is 0 Å². The van der Waals surface area contributed by atoms with E-state index in [9.17, 15) is 13.2 Å². The SMILES string of the molecule is Cc1ncc(CNS(=O)(=O)c2ccc(N)cc2C(=O)O)s1. The van der Waals surface area contributed by atoms with Gasteiger partial charge in [0.15, 0.2) is 0 Å². The second-order valence-corrected chi connectivity index (χ2v) is 7.29. The molecule has 0 amide bonds. The number of aromatic nitrogens is 1. The fraction of sp³-hybridized carbons (Fsp3) is 0.167. The summed E-state index contributed by atoms with van der Waals surface area (Å²) < 4.78 is 26.8. The average Bonchev–Trinajstić information content (AvgIpc) is 2.82. The molecule has 0 spiro atoms. The first-order valence-electron chi connectivity index (χ1n) is 5.83. The molecule has 2 aromatic rings. The molecule has 0 bridgehead atoms. The number of nitrogens with one attached hydrogen (secondary N) is 1. The van der Waals surface area contributed by atoms with Gasteiger partial charge in [-0.2, -0.15) is 0 Å². The van der Waals surface area contributed by atoms with Crippen LogP contribution in [0.2, 0.25) is 0 Å². The Labute approximate surface area is 125 Å². The Morgan fingerprint density at radius 2 is 2.19 bits per heavy atom. The Bertz CT molecular complexity index is 784. The lowest BCUT2D eigenvalue weighted by Gasteiger charge is -2.09. The summed E-state index contributed by atoms with van der Waals surface area (Å²) in [5.41, 5.74) is 5.32. The van der Waals surface area contributed by atoms with Crippen molar-refractivity contribution in [3.63, 3.8) is 0 Å². The smallest absolute Gasteiger partial charge is 0.337 e. The second-order valence-electron chi connectivity index (χ2n) is 4.23. The third kappa shape index (κ3) is 3.57. The molecule has 21 heavy (non-hydrogen) atoms. The number of benzene rings is 1. The maximum atomic E-state index is 12.2. The lowest BCUT2D eigenvalue weighted by molar-refractivity contribution is 0.0692. The number of nitrogens with zero attached hydrogens (tertiary/aromatic N) is 1. The van der Waals surface area contributed by atoms with Gasteiger partial charge in [-0.05, 0) is 25.1 Å². The van der Waals surface area contributed by atoms with E-state index < -0.39 is 16.0 Å². The lowest BCUT2D eigenvalue weighted by Crippen LogP contribution is -2.25. The van der Waals surface area contributed by atoms with E-state index in [1.807, 2.05) is 6.92 Å². The number of thiazole rings is 1. The summed E-state index contributed by atoms with van der Waals surface area (Å²) in [6.07, 6.45) is 1.57. The van der Waals surface area contributed by atoms with Gasteiger partial charge in [-0.1, -0.05) is 0 Å². The van der Waals surface area contributed by atoms with Gasteiger partial charge in [-0.3, -0.25) is 0 Å². The maximum absolute atomic E-state index is 12.2. The highest BCUT2D eigenvalue weighted by molar-refractivity contribution is 7.89. The Morgan fingerprint density at radius 3 is 2.76 bits per heavy atom. The van der Waals surface area contributed by atoms with Crippen LogP contribution >= 0.6 is 11.3 Å². The first-order chi connectivity index (χ1) is 9.79. The van der Waals surface area contributed by atoms with Crippen LogP contribution in [0.5, 0.6) is 0 Å². The molecule has 0 aliphatic heterocycles. The number of hydrogen-bond acceptors (Lipinski definition) is 6. The molecular formula is C12H13N3O4S2. The van der Waals surface area contributed by atoms with Crippen LogP contribution in [0, 0.1) is 6.92 Å². The number of nitrogens with two attached hydrogens (primary N) is 1. The molecule has 0 aliphatic rings. The predicted molar refractivity (Wildman–Crippen MR) is 78.7 cm³/mol. The predicted octanol–water partition coefficient (Wildman–Crippen LogP) is 1.21. The van der Waals surface area contributed by atoms with Crippen molar-refractivity contribution < 1.29 is 18.3 Å². The van der Waals surface area contributed by atoms with Crippen molar-refractivity contribution in [3.05, 3.63) is 39.8 Å². The summed E-state index contributed by atoms with van der Waals surface area (Å²) in [6.45, 7) is 1.86. The van der Waals surface area contributed by atoms with Gasteiger partial charge in [0, 0.05) is 23.3 Å². The first kappa shape index (κ1) is 15.4. The van der Waals surface area contributed by atoms with Crippen molar-refractivity contribution >= 4 is 33.0 Å². The average molecular weight is 327 g/mol. The van der Waals surface area contributed by atoms with Crippen molar-refractivity contribution in [1.82, 2.24) is 9.71 Å². The summed E-state index contributed by atoms with van der Waals surface area (Å²) in [4.78, 5) is 15.6. The normalized spacial score (nSPS) is 11.5. The van der Waals surface area contributed by atoms with Crippen LogP contribution < -0.4 is 10.5 Å². The van der Waals surface area contributed by atoms with Gasteiger partial charge < -0.3 is 10.8 Å². The molecule has 0 fully saturated rings. The first-order valence-corrected chi connectivity index (χ1v) is 8.13. The summed E-state index contributed by atoms with van der Waals surface area (Å²) in [6, 6.07) is 3.64. The van der Waals surface area contributed by atoms with Crippen molar-refractivity contribution in [2.24, 2.45) is 0 Å². The highest BCUT2D eigenvalue weighted by Crippen LogP contribution is 2.20. The molecule has 0 saturated carbocycles. The van der Waals surface area contributed by atoms with Crippen LogP contribution in [0.1, 0.15) is 20.2 Å². The van der Waals surface area contributed by atoms with E-state index in [1.54, 1.807) is 6.20 Å². The van der Waals surface area contributed by atoms with Gasteiger partial charge in [0.2, 0.25) is 10.0 Å². The molecule has 2 rings (SSSR count). The highest BCUT2D eigenvalue weighted by Gasteiger charge is 2.22. The van der Waals surface area contributed by atoms with Crippen LogP contribution in [-0.4, -0.2) is 24.5 Å². The third-order valence-corrected chi connectivity index (χ3v) is 5.00. The molecule has 1 aromatic carbocycles. The van der Waals surface area contributed by atoms with E-state index in [0.29, 0.717) is 0 Å². The zero-order chi connectivity index (χ0) is 15.6. The van der Waals surface area contributed by atoms with E-state index in [2.05, 4.69) is 9.71 Å². The maximum Gasteiger partial charge on any atom is 0.337 e. The van der Waals surface area contributed by atoms with E-state index in [-0.39, 0.29) is 22.7 Å². The van der Waals surface area contributed by atoms with E-state index >= 15 is 0 Å². The van der Waals surface area contributed by atoms with Crippen molar-refractivity contribution in [1.29, 1.82) is 0 Å². The van der Waals surface area contributed by atoms with Gasteiger partial charge in [0.25, 0.3) is 0 Å². The zero-order valence-electron chi connectivity index (χ0n) is 11.0. The lowest BCUT2D eigenvalue weighted by atomic mass is 10.2. The number of aryl methyl sites for hydroxylation is 1. The summed E-state index contributed by atoms with van der Waals surface area (Å²) in [7, 11) is -3.95. The molecule has 9 heteroatoms. The summed E-state index contributed by atoms with van der Waals surface area (Å²) >= 11 is 1.36. The van der Waals surface area contributed by atoms with E-state index in [0.717, 1.165) is 16.0 Å². The number of nitrogen functional groups attached to an aromatic ring is 1. The molecule has 1 aromatic heterocycles. The standard InChI is InChI=1S/C12H13N3O4S2/c1-7-14-5-9(20-7)6-15-21(18,19)11-3-2-8(13)4-10(11)12(16)17/h2-5,15H,6,13H2,1H3,(H,16,17). The molecule has 4 N–H and O–H groups in total. The molecule has 112 valence electrons. The van der Waals surface area contributed by atoms with Gasteiger partial charge in [-0.15, -0.1) is 11.3 Å². The Balaban J connectivity index is 2.29. The second kappa shape index (κ2) is 5.80. The summed E-state index contributed by atoms with van der Waals surface area (Å²) in [5.74, 6) is -1.35. The van der Waals surface area contributed by atoms with Gasteiger partial charge in [0.05, 0.1) is 15.5 Å². The minimum Gasteiger partial charge on any atom is -0.478 e. The Hall–Kier alpha value is -1.97. The fourth-order valence-electron chi connectivity index (χ4n) is 1.68. The van der Waals surface area contributed by atoms with Crippen molar-refractivity contribution in [2.75, 3.05) is 5.73 Å². The largest absolute Gasteiger partial charge is 0.478 e. The minimum atomic E-state index is -3.95. The topological polar surface area (TPSA) is 122 Å². The number of carbonyl (C=O) groups is 1. The molecule has 0 saturated heterocycles. The van der Waals surface area contributed by atoms with Crippen molar-refractivity contribution in [3.8, 4) is 0 Å². The third-order valence-electron chi connectivity index (χ3n) is 2.63. The van der Waals surface area contributed by atoms with Crippen LogP contribution in [0.4, 0.5) is 5.69 Å². The van der Waals surface area contributed by atoms with Crippen LogP contribution in [0.25, 0.3) is 0 Å². The molecular weight excluding hydrogens is 314 g/mol. The molecule has 0 radical (unpaired) electrons. The van der Waals surface area contributed by atoms with Gasteiger partial charge >= 0.3 is 5.97 Å². The Kier molecular flexibility index (Phi) is 4.26. The zero-order valence-corrected chi connectivity index (χ0v) is 12.7. The Morgan fingerprint density at radius 1 is 1.48 bits per heavy atom. The fourth-order valence-corrected chi connectivity index (χ4v) is 3.69. The number of carboxylic acid groups (broad SMARTS) is 1. The van der Waals surface area contributed by atoms with E-state index in [1.165, 1.54) is 23.5 Å². The molecule has 0 unspecified atom stereocenters. The molecule has 0 atom stereocenters. The number of carboxylic acids is 1. The van der Waals surface area contributed by atoms with Crippen LogP contribution in [0.15, 0.2) is 29.3 Å². The molecule has 7 nitrogen and oxygen atoms in total. The number of rotatable bonds is 5. The van der Waals surface area contributed by atoms with Crippen LogP contribution in [-0.2, 0) is 16.6 Å². The highest BCUT2D eigenvalue weighted by atomic mass is 32.2. The molecule has 1 heterocycles. The van der Waals surface area contributed by atoms with E-state index in [4.69, 9.17) is 10.8 Å². The number of aromatic carboxylic acids is 1. The van der Waals surface area contributed by atoms with Gasteiger partial charge in [-0.25, -0.2) is 22.9 Å². The quantitative estimate of drug-likeness (QED) is 0.709. The summed E-state index contributed by atoms with van der Waals surface area (Å²) in [5, 5.41) is 9.91. The van der Waals surface area contributed by atoms with Crippen molar-refractivity contribution in [2.45, 2.75) is 18.4 Å². The number of anilines is 1. The molecule has 0 aliphatic carbocycles. The monoisotopic (exact) mass is 327 g/mol. The number of hydrogen-bond donors (Lipinski definition) is 3. The van der Waals surface area contributed by atoms with Crippen LogP contribution in [0.3, 0.4) is 0 Å². The minimum absolute atomic E-state index is 0.0529. The number of sulfonamides is 1.